The van der Waals surface area contributed by atoms with Gasteiger partial charge in [0.2, 0.25) is 0 Å². The first-order valence-electron chi connectivity index (χ1n) is 8.89. The van der Waals surface area contributed by atoms with E-state index in [2.05, 4.69) is 28.3 Å². The van der Waals surface area contributed by atoms with Crippen molar-refractivity contribution in [1.82, 2.24) is 16.1 Å². The van der Waals surface area contributed by atoms with Crippen LogP contribution in [0.15, 0.2) is 0 Å². The molecule has 0 bridgehead atoms. The van der Waals surface area contributed by atoms with Gasteiger partial charge in [-0.1, -0.05) is 0 Å². The van der Waals surface area contributed by atoms with Crippen LogP contribution in [0, 0.1) is 0 Å². The summed E-state index contributed by atoms with van der Waals surface area (Å²) in [6.07, 6.45) is -15.1. The predicted octanol–water partition coefficient (Wildman–Crippen LogP) is -6.21. The summed E-state index contributed by atoms with van der Waals surface area (Å²) >= 11 is 9.49. The van der Waals surface area contributed by atoms with Crippen LogP contribution in [0.5, 0.6) is 0 Å². The summed E-state index contributed by atoms with van der Waals surface area (Å²) in [5, 5.41) is 65.9. The lowest BCUT2D eigenvalue weighted by Gasteiger charge is -2.45. The normalized spacial score (nSPS) is 41.7. The first-order chi connectivity index (χ1) is 14.1. The molecule has 2 fully saturated rings. The average molecular weight is 474 g/mol. The van der Waals surface area contributed by atoms with Crippen molar-refractivity contribution >= 4 is 34.7 Å². The van der Waals surface area contributed by atoms with Crippen LogP contribution in [0.2, 0.25) is 0 Å². The van der Waals surface area contributed by atoms with Crippen molar-refractivity contribution in [2.45, 2.75) is 61.4 Å². The molecule has 16 heteroatoms. The number of hydrazine groups is 1. The zero-order valence-corrected chi connectivity index (χ0v) is 17.2. The molecule has 2 rings (SSSR count). The van der Waals surface area contributed by atoms with E-state index in [1.807, 2.05) is 0 Å². The number of nitrogens with two attached hydrogens (primary N) is 2. The monoisotopic (exact) mass is 473 g/mol. The molecule has 2 heterocycles. The van der Waals surface area contributed by atoms with Gasteiger partial charge < -0.3 is 66.6 Å². The smallest absolute Gasteiger partial charge is 0.189 e. The van der Waals surface area contributed by atoms with Crippen molar-refractivity contribution in [2.75, 3.05) is 13.1 Å². The van der Waals surface area contributed by atoms with E-state index in [9.17, 15) is 30.6 Å². The summed E-state index contributed by atoms with van der Waals surface area (Å²) in [7, 11) is 0. The van der Waals surface area contributed by atoms with Gasteiger partial charge in [0.25, 0.3) is 0 Å². The van der Waals surface area contributed by atoms with E-state index in [1.54, 1.807) is 0 Å². The van der Waals surface area contributed by atoms with Crippen LogP contribution >= 0.6 is 24.4 Å². The third-order valence-electron chi connectivity index (χ3n) is 4.68. The summed E-state index contributed by atoms with van der Waals surface area (Å²) < 4.78 is 16.3. The van der Waals surface area contributed by atoms with Gasteiger partial charge in [0.15, 0.2) is 22.8 Å². The Morgan fingerprint density at radius 2 is 1.20 bits per heavy atom. The number of hydrogen-bond acceptors (Lipinski definition) is 12. The highest BCUT2D eigenvalue weighted by molar-refractivity contribution is 7.80. The molecule has 13 N–H and O–H groups in total. The SMILES string of the molecule is NNC(=S)NCC1O[C@H](O[C@H]2OC(CNC(N)=S)[C@@H](O)C(O)C2O)C(O)C(O)[C@@H]1O. The second kappa shape index (κ2) is 11.0. The molecule has 0 radical (unpaired) electrons. The molecule has 0 aromatic heterocycles. The highest BCUT2D eigenvalue weighted by Crippen LogP contribution is 2.28. The molecule has 2 aliphatic rings. The molecule has 2 aliphatic heterocycles. The largest absolute Gasteiger partial charge is 0.388 e. The predicted molar refractivity (Wildman–Crippen MR) is 107 cm³/mol. The highest BCUT2D eigenvalue weighted by atomic mass is 32.1. The van der Waals surface area contributed by atoms with E-state index < -0.39 is 61.4 Å². The number of aliphatic hydroxyl groups excluding tert-OH is 6. The molecule has 6 unspecified atom stereocenters. The number of thiocarbonyl (C=S) groups is 2. The summed E-state index contributed by atoms with van der Waals surface area (Å²) in [5.74, 6) is 5.14. The van der Waals surface area contributed by atoms with Gasteiger partial charge in [0, 0.05) is 13.1 Å². The maximum Gasteiger partial charge on any atom is 0.189 e. The molecule has 0 spiro atoms. The maximum atomic E-state index is 10.2. The van der Waals surface area contributed by atoms with Gasteiger partial charge in [-0.2, -0.15) is 0 Å². The molecule has 30 heavy (non-hydrogen) atoms. The minimum Gasteiger partial charge on any atom is -0.388 e. The quantitative estimate of drug-likeness (QED) is 0.0977. The maximum absolute atomic E-state index is 10.2. The fraction of sp³-hybridized carbons (Fsp3) is 0.857. The van der Waals surface area contributed by atoms with Gasteiger partial charge in [0.05, 0.1) is 0 Å². The van der Waals surface area contributed by atoms with Gasteiger partial charge in [-0.25, -0.2) is 5.84 Å². The third kappa shape index (κ3) is 6.02. The fourth-order valence-corrected chi connectivity index (χ4v) is 3.14. The Morgan fingerprint density at radius 1 is 0.767 bits per heavy atom. The second-order valence-corrected chi connectivity index (χ2v) is 7.61. The Bertz CT molecular complexity index is 608. The molecule has 0 aromatic rings. The van der Waals surface area contributed by atoms with E-state index in [0.717, 1.165) is 0 Å². The van der Waals surface area contributed by atoms with Crippen molar-refractivity contribution in [3.63, 3.8) is 0 Å². The van der Waals surface area contributed by atoms with Gasteiger partial charge >= 0.3 is 0 Å². The molecule has 2 saturated heterocycles. The number of rotatable bonds is 6. The van der Waals surface area contributed by atoms with Crippen molar-refractivity contribution in [3.8, 4) is 0 Å². The van der Waals surface area contributed by atoms with Crippen LogP contribution in [-0.2, 0) is 14.2 Å². The van der Waals surface area contributed by atoms with Crippen LogP contribution in [-0.4, -0.2) is 115 Å². The topological polar surface area (TPSA) is 237 Å². The van der Waals surface area contributed by atoms with Gasteiger partial charge in [-0.15, -0.1) is 0 Å². The van der Waals surface area contributed by atoms with Crippen LogP contribution in [0.25, 0.3) is 0 Å². The van der Waals surface area contributed by atoms with Gasteiger partial charge in [-0.3, -0.25) is 0 Å². The lowest BCUT2D eigenvalue weighted by Crippen LogP contribution is -2.65. The summed E-state index contributed by atoms with van der Waals surface area (Å²) in [6, 6.07) is 0. The van der Waals surface area contributed by atoms with Crippen LogP contribution in [0.3, 0.4) is 0 Å². The van der Waals surface area contributed by atoms with E-state index in [-0.39, 0.29) is 23.3 Å². The highest BCUT2D eigenvalue weighted by Gasteiger charge is 2.49. The summed E-state index contributed by atoms with van der Waals surface area (Å²) in [6.45, 7) is -0.213. The number of hydrogen-bond donors (Lipinski definition) is 11. The van der Waals surface area contributed by atoms with Gasteiger partial charge in [0.1, 0.15) is 48.8 Å². The fourth-order valence-electron chi connectivity index (χ4n) is 2.97. The Labute approximate surface area is 182 Å². The number of ether oxygens (including phenoxy) is 3. The molecule has 0 saturated carbocycles. The molecular formula is C14H27N5O9S2. The Kier molecular flexibility index (Phi) is 9.28. The zero-order chi connectivity index (χ0) is 22.6. The summed E-state index contributed by atoms with van der Waals surface area (Å²) in [4.78, 5) is 0. The molecule has 14 nitrogen and oxygen atoms in total. The van der Waals surface area contributed by atoms with Crippen molar-refractivity contribution in [3.05, 3.63) is 0 Å². The number of nitrogens with one attached hydrogen (secondary N) is 3. The van der Waals surface area contributed by atoms with Crippen molar-refractivity contribution in [2.24, 2.45) is 11.6 Å². The Hall–Kier alpha value is -1.02. The average Bonchev–Trinajstić information content (AvgIpc) is 2.71. The van der Waals surface area contributed by atoms with Crippen LogP contribution in [0.1, 0.15) is 0 Å². The standard InChI is InChI=1S/C14H27N5O9S2/c15-13(29)17-1-3-5(20)7(22)9(24)11(26-3)28-12-10(25)8(23)6(21)4(27-12)2-18-14(30)19-16/h3-12,20-25H,1-2,16H2,(H3,15,17,29)(H2,18,19,30)/t3?,4?,5-,6-,7?,8?,9?,10?,11-,12-/m1/s1. The zero-order valence-electron chi connectivity index (χ0n) is 15.6. The molecule has 10 atom stereocenters. The van der Waals surface area contributed by atoms with Crippen LogP contribution < -0.4 is 27.6 Å². The van der Waals surface area contributed by atoms with Crippen molar-refractivity contribution < 1.29 is 44.8 Å². The van der Waals surface area contributed by atoms with E-state index in [1.165, 1.54) is 0 Å². The number of aliphatic hydroxyl groups is 6. The van der Waals surface area contributed by atoms with E-state index >= 15 is 0 Å². The van der Waals surface area contributed by atoms with E-state index in [0.29, 0.717) is 0 Å². The second-order valence-electron chi connectivity index (χ2n) is 6.77. The third-order valence-corrected chi connectivity index (χ3v) is 5.08. The lowest BCUT2D eigenvalue weighted by molar-refractivity contribution is -0.372. The van der Waals surface area contributed by atoms with Gasteiger partial charge in [-0.05, 0) is 24.4 Å². The Morgan fingerprint density at radius 3 is 1.60 bits per heavy atom. The Balaban J connectivity index is 2.06. The first-order valence-corrected chi connectivity index (χ1v) is 9.71. The minimum atomic E-state index is -1.72. The molecule has 0 aromatic carbocycles. The van der Waals surface area contributed by atoms with Crippen LogP contribution in [0.4, 0.5) is 0 Å². The summed E-state index contributed by atoms with van der Waals surface area (Å²) in [5.41, 5.74) is 7.50. The lowest BCUT2D eigenvalue weighted by atomic mass is 9.97. The molecular weight excluding hydrogens is 446 g/mol. The molecule has 174 valence electrons. The minimum absolute atomic E-state index is 0.0418. The first kappa shape index (κ1) is 25.2. The molecule has 0 aliphatic carbocycles. The van der Waals surface area contributed by atoms with E-state index in [4.69, 9.17) is 38.0 Å². The molecule has 0 amide bonds. The van der Waals surface area contributed by atoms with Crippen molar-refractivity contribution in [1.29, 1.82) is 0 Å².